The summed E-state index contributed by atoms with van der Waals surface area (Å²) in [6, 6.07) is 33.1. The molecule has 0 saturated carbocycles. The van der Waals surface area contributed by atoms with Crippen molar-refractivity contribution in [3.8, 4) is 16.2 Å². The highest BCUT2D eigenvalue weighted by molar-refractivity contribution is 7.13. The van der Waals surface area contributed by atoms with Gasteiger partial charge in [-0.25, -0.2) is 0 Å². The van der Waals surface area contributed by atoms with E-state index in [-0.39, 0.29) is 5.41 Å². The van der Waals surface area contributed by atoms with Crippen LogP contribution in [0.5, 0.6) is 5.75 Å². The summed E-state index contributed by atoms with van der Waals surface area (Å²) in [6.07, 6.45) is 2.22. The van der Waals surface area contributed by atoms with Gasteiger partial charge in [0.05, 0.1) is 7.11 Å². The molecule has 1 aromatic heterocycles. The zero-order valence-corrected chi connectivity index (χ0v) is 19.4. The summed E-state index contributed by atoms with van der Waals surface area (Å²) in [5.74, 6) is 0.915. The number of hydrogen-bond acceptors (Lipinski definition) is 3. The number of hydrogen-bond donors (Lipinski definition) is 0. The average molecular weight is 440 g/mol. The Kier molecular flexibility index (Phi) is 6.11. The molecule has 1 fully saturated rings. The molecule has 0 spiro atoms. The number of ether oxygens (including phenoxy) is 1. The summed E-state index contributed by atoms with van der Waals surface area (Å²) in [5, 5.41) is 2.16. The van der Waals surface area contributed by atoms with Crippen LogP contribution in [0.3, 0.4) is 0 Å². The SMILES string of the molecule is COc1ccc(C2(c3cccc(-c4cccs4)c3)CCN(Cc3ccccc3)CC2)cc1. The van der Waals surface area contributed by atoms with Crippen molar-refractivity contribution in [2.24, 2.45) is 0 Å². The van der Waals surface area contributed by atoms with E-state index in [1.807, 2.05) is 11.3 Å². The second-order valence-corrected chi connectivity index (χ2v) is 9.58. The van der Waals surface area contributed by atoms with Gasteiger partial charge in [-0.1, -0.05) is 66.7 Å². The first-order valence-electron chi connectivity index (χ1n) is 11.3. The summed E-state index contributed by atoms with van der Waals surface area (Å²) in [6.45, 7) is 3.20. The van der Waals surface area contributed by atoms with Gasteiger partial charge in [-0.3, -0.25) is 4.90 Å². The smallest absolute Gasteiger partial charge is 0.118 e. The maximum atomic E-state index is 5.44. The minimum Gasteiger partial charge on any atom is -0.497 e. The van der Waals surface area contributed by atoms with Crippen LogP contribution in [0, 0.1) is 0 Å². The summed E-state index contributed by atoms with van der Waals surface area (Å²) in [4.78, 5) is 3.93. The second-order valence-electron chi connectivity index (χ2n) is 8.63. The summed E-state index contributed by atoms with van der Waals surface area (Å²) < 4.78 is 5.44. The molecule has 0 N–H and O–H groups in total. The molecule has 2 nitrogen and oxygen atoms in total. The van der Waals surface area contributed by atoms with Gasteiger partial charge in [-0.15, -0.1) is 11.3 Å². The molecule has 2 heterocycles. The zero-order chi connectivity index (χ0) is 21.8. The topological polar surface area (TPSA) is 12.5 Å². The fourth-order valence-corrected chi connectivity index (χ4v) is 5.73. The van der Waals surface area contributed by atoms with Gasteiger partial charge in [0.25, 0.3) is 0 Å². The van der Waals surface area contributed by atoms with Crippen molar-refractivity contribution in [3.63, 3.8) is 0 Å². The molecule has 0 atom stereocenters. The molecule has 1 aliphatic heterocycles. The molecular weight excluding hydrogens is 410 g/mol. The molecule has 0 aliphatic carbocycles. The molecule has 0 bridgehead atoms. The maximum absolute atomic E-state index is 5.44. The molecule has 0 amide bonds. The fraction of sp³-hybridized carbons (Fsp3) is 0.241. The Balaban J connectivity index is 1.47. The number of rotatable bonds is 6. The highest BCUT2D eigenvalue weighted by atomic mass is 32.1. The Hall–Kier alpha value is -2.88. The molecule has 3 aromatic carbocycles. The van der Waals surface area contributed by atoms with Crippen LogP contribution < -0.4 is 4.74 Å². The lowest BCUT2D eigenvalue weighted by molar-refractivity contribution is 0.172. The number of likely N-dealkylation sites (tertiary alicyclic amines) is 1. The highest BCUT2D eigenvalue weighted by Crippen LogP contribution is 2.43. The van der Waals surface area contributed by atoms with Crippen LogP contribution in [-0.4, -0.2) is 25.1 Å². The van der Waals surface area contributed by atoms with E-state index in [2.05, 4.69) is 101 Å². The number of piperidine rings is 1. The van der Waals surface area contributed by atoms with E-state index in [9.17, 15) is 0 Å². The van der Waals surface area contributed by atoms with E-state index < -0.39 is 0 Å². The Bertz CT molecular complexity index is 1130. The quantitative estimate of drug-likeness (QED) is 0.320. The van der Waals surface area contributed by atoms with Crippen molar-refractivity contribution in [2.75, 3.05) is 20.2 Å². The van der Waals surface area contributed by atoms with Crippen molar-refractivity contribution in [1.82, 2.24) is 4.90 Å². The van der Waals surface area contributed by atoms with Crippen LogP contribution in [0.2, 0.25) is 0 Å². The first-order chi connectivity index (χ1) is 15.8. The predicted molar refractivity (Wildman–Crippen MR) is 134 cm³/mol. The van der Waals surface area contributed by atoms with Gasteiger partial charge in [0.2, 0.25) is 0 Å². The number of methoxy groups -OCH3 is 1. The van der Waals surface area contributed by atoms with E-state index in [1.54, 1.807) is 7.11 Å². The Morgan fingerprint density at radius 1 is 0.812 bits per heavy atom. The van der Waals surface area contributed by atoms with Gasteiger partial charge in [-0.2, -0.15) is 0 Å². The predicted octanol–water partition coefficient (Wildman–Crippen LogP) is 7.01. The molecule has 162 valence electrons. The van der Waals surface area contributed by atoms with Crippen molar-refractivity contribution >= 4 is 11.3 Å². The van der Waals surface area contributed by atoms with Crippen LogP contribution in [0.25, 0.3) is 10.4 Å². The van der Waals surface area contributed by atoms with Gasteiger partial charge >= 0.3 is 0 Å². The lowest BCUT2D eigenvalue weighted by atomic mass is 9.67. The van der Waals surface area contributed by atoms with E-state index in [1.165, 1.54) is 27.1 Å². The molecule has 32 heavy (non-hydrogen) atoms. The Morgan fingerprint density at radius 3 is 2.28 bits per heavy atom. The van der Waals surface area contributed by atoms with Gasteiger partial charge in [-0.05, 0) is 77.8 Å². The van der Waals surface area contributed by atoms with Crippen molar-refractivity contribution in [3.05, 3.63) is 113 Å². The van der Waals surface area contributed by atoms with Crippen molar-refractivity contribution in [1.29, 1.82) is 0 Å². The molecule has 5 rings (SSSR count). The van der Waals surface area contributed by atoms with Gasteiger partial charge in [0, 0.05) is 16.8 Å². The molecule has 4 aromatic rings. The summed E-state index contributed by atoms with van der Waals surface area (Å²) >= 11 is 1.81. The maximum Gasteiger partial charge on any atom is 0.118 e. The normalized spacial score (nSPS) is 16.0. The molecular formula is C29H29NOS. The number of benzene rings is 3. The van der Waals surface area contributed by atoms with Crippen LogP contribution in [-0.2, 0) is 12.0 Å². The monoisotopic (exact) mass is 439 g/mol. The van der Waals surface area contributed by atoms with Crippen molar-refractivity contribution in [2.45, 2.75) is 24.8 Å². The van der Waals surface area contributed by atoms with E-state index in [0.29, 0.717) is 0 Å². The van der Waals surface area contributed by atoms with Gasteiger partial charge < -0.3 is 4.74 Å². The molecule has 3 heteroatoms. The second kappa shape index (κ2) is 9.32. The molecule has 1 aliphatic rings. The van der Waals surface area contributed by atoms with E-state index in [0.717, 1.165) is 38.2 Å². The van der Waals surface area contributed by atoms with E-state index in [4.69, 9.17) is 4.74 Å². The summed E-state index contributed by atoms with van der Waals surface area (Å²) in [7, 11) is 1.73. The minimum atomic E-state index is 0.0206. The Morgan fingerprint density at radius 2 is 1.59 bits per heavy atom. The largest absolute Gasteiger partial charge is 0.497 e. The first-order valence-corrected chi connectivity index (χ1v) is 12.2. The lowest BCUT2D eigenvalue weighted by Crippen LogP contribution is -2.43. The van der Waals surface area contributed by atoms with E-state index >= 15 is 0 Å². The number of thiophene rings is 1. The third-order valence-corrected chi connectivity index (χ3v) is 7.74. The third-order valence-electron chi connectivity index (χ3n) is 6.82. The van der Waals surface area contributed by atoms with Crippen LogP contribution in [0.1, 0.15) is 29.5 Å². The minimum absolute atomic E-state index is 0.0206. The standard InChI is InChI=1S/C29H29NOS/c1-31-27-14-12-25(13-15-27)29(26-10-5-9-24(21-26)28-11-6-20-32-28)16-18-30(19-17-29)22-23-7-3-2-4-8-23/h2-15,20-21H,16-19,22H2,1H3. The highest BCUT2D eigenvalue weighted by Gasteiger charge is 2.38. The average Bonchev–Trinajstić information content (AvgIpc) is 3.41. The zero-order valence-electron chi connectivity index (χ0n) is 18.5. The third kappa shape index (κ3) is 4.23. The number of nitrogens with zero attached hydrogens (tertiary/aromatic N) is 1. The van der Waals surface area contributed by atoms with Crippen molar-refractivity contribution < 1.29 is 4.74 Å². The lowest BCUT2D eigenvalue weighted by Gasteiger charge is -2.43. The molecule has 1 saturated heterocycles. The molecule has 0 radical (unpaired) electrons. The van der Waals surface area contributed by atoms with Crippen LogP contribution >= 0.6 is 11.3 Å². The fourth-order valence-electron chi connectivity index (χ4n) is 5.00. The Labute approximate surface area is 195 Å². The van der Waals surface area contributed by atoms with Crippen LogP contribution in [0.15, 0.2) is 96.4 Å². The van der Waals surface area contributed by atoms with Crippen LogP contribution in [0.4, 0.5) is 0 Å². The van der Waals surface area contributed by atoms with Gasteiger partial charge in [0.15, 0.2) is 0 Å². The van der Waals surface area contributed by atoms with Gasteiger partial charge in [0.1, 0.15) is 5.75 Å². The summed E-state index contributed by atoms with van der Waals surface area (Å²) in [5.41, 5.74) is 5.54. The first kappa shape index (κ1) is 21.0. The molecule has 0 unspecified atom stereocenters.